The van der Waals surface area contributed by atoms with E-state index in [9.17, 15) is 0 Å². The first-order chi connectivity index (χ1) is 26.3. The summed E-state index contributed by atoms with van der Waals surface area (Å²) in [6.45, 7) is 0. The van der Waals surface area contributed by atoms with E-state index in [1.807, 2.05) is 0 Å². The number of hydrogen-bond acceptors (Lipinski definition) is 1. The Morgan fingerprint density at radius 1 is 0.321 bits per heavy atom. The smallest absolute Gasteiger partial charge is 0.145 e. The molecule has 246 valence electrons. The summed E-state index contributed by atoms with van der Waals surface area (Å²) < 4.78 is 2.36. The van der Waals surface area contributed by atoms with E-state index in [4.69, 9.17) is 4.98 Å². The molecule has 0 fully saturated rings. The molecule has 0 atom stereocenters. The molecule has 0 aliphatic heterocycles. The third kappa shape index (κ3) is 4.49. The van der Waals surface area contributed by atoms with Gasteiger partial charge in [0.1, 0.15) is 5.82 Å². The monoisotopic (exact) mass is 672 g/mol. The molecule has 2 nitrogen and oxygen atoms in total. The number of hydrogen-bond donors (Lipinski definition) is 0. The maximum absolute atomic E-state index is 5.42. The topological polar surface area (TPSA) is 17.8 Å². The van der Waals surface area contributed by atoms with Crippen LogP contribution >= 0.6 is 0 Å². The number of nitrogens with zero attached hydrogens (tertiary/aromatic N) is 2. The number of fused-ring (bicyclic) bond motifs is 9. The molecule has 1 aromatic heterocycles. The molecule has 2 heteroatoms. The van der Waals surface area contributed by atoms with Crippen molar-refractivity contribution in [2.45, 2.75) is 0 Å². The summed E-state index contributed by atoms with van der Waals surface area (Å²) in [5, 5.41) is 12.3. The van der Waals surface area contributed by atoms with Crippen LogP contribution in [0.3, 0.4) is 0 Å². The lowest BCUT2D eigenvalue weighted by atomic mass is 9.85. The van der Waals surface area contributed by atoms with Crippen LogP contribution in [0.25, 0.3) is 104 Å². The molecule has 0 amide bonds. The van der Waals surface area contributed by atoms with Gasteiger partial charge in [-0.3, -0.25) is 4.57 Å². The molecule has 0 aliphatic rings. The Hall–Kier alpha value is -7.03. The summed E-state index contributed by atoms with van der Waals surface area (Å²) >= 11 is 0. The van der Waals surface area contributed by atoms with E-state index in [1.54, 1.807) is 0 Å². The summed E-state index contributed by atoms with van der Waals surface area (Å²) in [7, 11) is 0. The Balaban J connectivity index is 1.17. The summed E-state index contributed by atoms with van der Waals surface area (Å²) in [5.74, 6) is 0.935. The van der Waals surface area contributed by atoms with E-state index >= 15 is 0 Å². The molecule has 11 aromatic rings. The van der Waals surface area contributed by atoms with Crippen LogP contribution in [-0.4, -0.2) is 9.55 Å². The molecule has 10 aromatic carbocycles. The Morgan fingerprint density at radius 3 is 1.47 bits per heavy atom. The normalized spacial score (nSPS) is 11.8. The second kappa shape index (κ2) is 11.8. The van der Waals surface area contributed by atoms with Gasteiger partial charge in [0.25, 0.3) is 0 Å². The number of benzene rings is 10. The Kier molecular flexibility index (Phi) is 6.59. The second-order valence-electron chi connectivity index (χ2n) is 13.8. The first-order valence-electron chi connectivity index (χ1n) is 18.2. The van der Waals surface area contributed by atoms with Crippen molar-refractivity contribution in [3.8, 4) is 39.3 Å². The van der Waals surface area contributed by atoms with Crippen LogP contribution in [0.4, 0.5) is 0 Å². The van der Waals surface area contributed by atoms with Gasteiger partial charge in [0.05, 0.1) is 11.0 Å². The second-order valence-corrected chi connectivity index (χ2v) is 13.8. The third-order valence-corrected chi connectivity index (χ3v) is 11.0. The predicted molar refractivity (Wildman–Crippen MR) is 225 cm³/mol. The van der Waals surface area contributed by atoms with Crippen LogP contribution in [0.1, 0.15) is 0 Å². The minimum Gasteiger partial charge on any atom is -0.292 e. The van der Waals surface area contributed by atoms with E-state index in [0.717, 1.165) is 33.5 Å². The summed E-state index contributed by atoms with van der Waals surface area (Å²) in [5.41, 5.74) is 9.29. The minimum absolute atomic E-state index is 0.935. The predicted octanol–water partition coefficient (Wildman–Crippen LogP) is 13.8. The molecule has 0 saturated carbocycles. The highest BCUT2D eigenvalue weighted by Gasteiger charge is 2.21. The first-order valence-corrected chi connectivity index (χ1v) is 18.2. The zero-order chi connectivity index (χ0) is 34.9. The molecule has 0 N–H and O–H groups in total. The van der Waals surface area contributed by atoms with Gasteiger partial charge in [0.2, 0.25) is 0 Å². The van der Waals surface area contributed by atoms with Crippen LogP contribution in [0.5, 0.6) is 0 Å². The van der Waals surface area contributed by atoms with Crippen LogP contribution in [0.15, 0.2) is 194 Å². The highest BCUT2D eigenvalue weighted by Crippen LogP contribution is 2.46. The molecule has 11 rings (SSSR count). The van der Waals surface area contributed by atoms with Crippen molar-refractivity contribution in [2.24, 2.45) is 0 Å². The first kappa shape index (κ1) is 29.7. The summed E-state index contributed by atoms with van der Waals surface area (Å²) in [6.07, 6.45) is 0. The van der Waals surface area contributed by atoms with E-state index in [2.05, 4.69) is 199 Å². The molecular formula is C51H32N2. The van der Waals surface area contributed by atoms with Gasteiger partial charge in [0.15, 0.2) is 0 Å². The fourth-order valence-corrected chi connectivity index (χ4v) is 8.69. The fourth-order valence-electron chi connectivity index (χ4n) is 8.69. The molecule has 0 saturated heterocycles. The fraction of sp³-hybridized carbons (Fsp3) is 0. The molecule has 0 aliphatic carbocycles. The summed E-state index contributed by atoms with van der Waals surface area (Å²) in [6, 6.07) is 70.3. The van der Waals surface area contributed by atoms with E-state index in [-0.39, 0.29) is 0 Å². The molecular weight excluding hydrogens is 641 g/mol. The molecule has 53 heavy (non-hydrogen) atoms. The van der Waals surface area contributed by atoms with Crippen molar-refractivity contribution >= 4 is 64.9 Å². The zero-order valence-electron chi connectivity index (χ0n) is 28.9. The average Bonchev–Trinajstić information content (AvgIpc) is 3.64. The van der Waals surface area contributed by atoms with Gasteiger partial charge in [-0.15, -0.1) is 0 Å². The number of rotatable bonds is 4. The lowest BCUT2D eigenvalue weighted by molar-refractivity contribution is 1.11. The Bertz CT molecular complexity index is 3150. The molecule has 0 spiro atoms. The zero-order valence-corrected chi connectivity index (χ0v) is 28.9. The van der Waals surface area contributed by atoms with Crippen molar-refractivity contribution in [1.82, 2.24) is 9.55 Å². The minimum atomic E-state index is 0.935. The van der Waals surface area contributed by atoms with Crippen LogP contribution < -0.4 is 0 Å². The van der Waals surface area contributed by atoms with E-state index in [0.29, 0.717) is 0 Å². The SMILES string of the molecule is c1ccc(-c2nc3c4ccccc4c4ccccc4c3n2-c2ccc(-c3c4ccccc4c(-c4cccc5ccccc45)c4ccccc34)cc2)cc1. The maximum atomic E-state index is 5.42. The lowest BCUT2D eigenvalue weighted by Gasteiger charge is -2.19. The number of aromatic nitrogens is 2. The quantitative estimate of drug-likeness (QED) is 0.134. The highest BCUT2D eigenvalue weighted by atomic mass is 15.1. The van der Waals surface area contributed by atoms with Gasteiger partial charge >= 0.3 is 0 Å². The molecule has 0 radical (unpaired) electrons. The van der Waals surface area contributed by atoms with Gasteiger partial charge in [0, 0.05) is 22.0 Å². The van der Waals surface area contributed by atoms with Gasteiger partial charge in [-0.25, -0.2) is 4.98 Å². The molecule has 0 unspecified atom stereocenters. The van der Waals surface area contributed by atoms with Gasteiger partial charge in [-0.05, 0) is 77.5 Å². The Labute approximate surface area is 306 Å². The van der Waals surface area contributed by atoms with Crippen LogP contribution in [0, 0.1) is 0 Å². The maximum Gasteiger partial charge on any atom is 0.145 e. The average molecular weight is 673 g/mol. The lowest BCUT2D eigenvalue weighted by Crippen LogP contribution is -1.98. The van der Waals surface area contributed by atoms with E-state index in [1.165, 1.54) is 70.7 Å². The van der Waals surface area contributed by atoms with Gasteiger partial charge < -0.3 is 0 Å². The summed E-state index contributed by atoms with van der Waals surface area (Å²) in [4.78, 5) is 5.42. The van der Waals surface area contributed by atoms with Gasteiger partial charge in [-0.2, -0.15) is 0 Å². The van der Waals surface area contributed by atoms with Crippen molar-refractivity contribution in [2.75, 3.05) is 0 Å². The largest absolute Gasteiger partial charge is 0.292 e. The van der Waals surface area contributed by atoms with Gasteiger partial charge in [-0.1, -0.05) is 182 Å². The van der Waals surface area contributed by atoms with Crippen molar-refractivity contribution in [1.29, 1.82) is 0 Å². The van der Waals surface area contributed by atoms with E-state index < -0.39 is 0 Å². The Morgan fingerprint density at radius 2 is 0.811 bits per heavy atom. The highest BCUT2D eigenvalue weighted by molar-refractivity contribution is 6.25. The van der Waals surface area contributed by atoms with Crippen LogP contribution in [-0.2, 0) is 0 Å². The third-order valence-electron chi connectivity index (χ3n) is 11.0. The molecule has 0 bridgehead atoms. The standard InChI is InChI=1S/C51H32N2/c1-2-16-35(17-3-1)51-52-49-45-26-12-6-20-38(45)39-21-7-13-27-46(39)50(49)53(51)36-31-29-34(30-32-36)47-41-22-8-10-24-43(41)48(44-25-11-9-23-42(44)47)40-28-14-18-33-15-4-5-19-37(33)40/h1-32H. The van der Waals surface area contributed by atoms with Crippen molar-refractivity contribution in [3.63, 3.8) is 0 Å². The van der Waals surface area contributed by atoms with Crippen molar-refractivity contribution in [3.05, 3.63) is 194 Å². The number of imidazole rings is 1. The van der Waals surface area contributed by atoms with Crippen molar-refractivity contribution < 1.29 is 0 Å². The molecule has 1 heterocycles. The van der Waals surface area contributed by atoms with Crippen LogP contribution in [0.2, 0.25) is 0 Å².